The average molecular weight is 519 g/mol. The Balaban J connectivity index is 1.43. The molecule has 1 unspecified atom stereocenters. The van der Waals surface area contributed by atoms with Crippen LogP contribution in [0.1, 0.15) is 55.7 Å². The van der Waals surface area contributed by atoms with Crippen molar-refractivity contribution in [3.8, 4) is 17.2 Å². The van der Waals surface area contributed by atoms with Gasteiger partial charge < -0.3 is 14.2 Å². The maximum absolute atomic E-state index is 14.9. The molecular weight excluding hydrogens is 491 g/mol. The third kappa shape index (κ3) is 5.73. The zero-order valence-corrected chi connectivity index (χ0v) is 20.6. The van der Waals surface area contributed by atoms with Crippen molar-refractivity contribution in [1.29, 1.82) is 0 Å². The molecule has 0 aliphatic heterocycles. The highest BCUT2D eigenvalue weighted by atomic mass is 19.2. The van der Waals surface area contributed by atoms with Gasteiger partial charge in [-0.1, -0.05) is 12.1 Å². The summed E-state index contributed by atoms with van der Waals surface area (Å²) in [6.07, 6.45) is 3.27. The van der Waals surface area contributed by atoms with Gasteiger partial charge >= 0.3 is 0 Å². The average Bonchev–Trinajstić information content (AvgIpc) is 2.90. The molecule has 1 aliphatic rings. The first-order valence-electron chi connectivity index (χ1n) is 12.2. The molecule has 0 aromatic heterocycles. The second-order valence-electron chi connectivity index (χ2n) is 8.63. The van der Waals surface area contributed by atoms with E-state index >= 15 is 0 Å². The third-order valence-corrected chi connectivity index (χ3v) is 6.33. The fraction of sp³-hybridized carbons (Fsp3) is 0.310. The lowest BCUT2D eigenvalue weighted by Gasteiger charge is -2.24. The van der Waals surface area contributed by atoms with Gasteiger partial charge in [0, 0.05) is 17.2 Å². The van der Waals surface area contributed by atoms with Crippen molar-refractivity contribution in [2.24, 2.45) is 0 Å². The van der Waals surface area contributed by atoms with Gasteiger partial charge in [-0.05, 0) is 80.5 Å². The fourth-order valence-corrected chi connectivity index (χ4v) is 4.45. The Hall–Kier alpha value is -3.55. The number of rotatable bonds is 9. The minimum absolute atomic E-state index is 0.0237. The molecule has 1 atom stereocenters. The van der Waals surface area contributed by atoms with Crippen molar-refractivity contribution in [2.45, 2.75) is 45.6 Å². The molecule has 1 aliphatic carbocycles. The highest BCUT2D eigenvalue weighted by molar-refractivity contribution is 5.67. The Bertz CT molecular complexity index is 1310. The molecule has 37 heavy (non-hydrogen) atoms. The molecule has 3 aromatic rings. The molecule has 0 radical (unpaired) electrons. The summed E-state index contributed by atoms with van der Waals surface area (Å²) in [6, 6.07) is 9.95. The molecule has 0 saturated heterocycles. The Labute approximate surface area is 212 Å². The van der Waals surface area contributed by atoms with E-state index in [0.29, 0.717) is 24.8 Å². The Kier molecular flexibility index (Phi) is 8.36. The van der Waals surface area contributed by atoms with Crippen LogP contribution >= 0.6 is 0 Å². The number of halogens is 5. The maximum atomic E-state index is 14.9. The van der Waals surface area contributed by atoms with E-state index in [1.807, 2.05) is 6.08 Å². The van der Waals surface area contributed by atoms with Gasteiger partial charge in [0.05, 0.1) is 13.2 Å². The molecule has 8 heteroatoms. The van der Waals surface area contributed by atoms with Crippen LogP contribution in [0.4, 0.5) is 22.0 Å². The summed E-state index contributed by atoms with van der Waals surface area (Å²) in [7, 11) is 0. The van der Waals surface area contributed by atoms with Crippen LogP contribution in [-0.2, 0) is 6.61 Å². The van der Waals surface area contributed by atoms with Gasteiger partial charge in [0.1, 0.15) is 18.2 Å². The van der Waals surface area contributed by atoms with Crippen LogP contribution in [0.2, 0.25) is 0 Å². The van der Waals surface area contributed by atoms with Gasteiger partial charge in [0.2, 0.25) is 11.6 Å². The second-order valence-corrected chi connectivity index (χ2v) is 8.63. The summed E-state index contributed by atoms with van der Waals surface area (Å²) in [6.45, 7) is 3.50. The first kappa shape index (κ1) is 26.5. The molecular formula is C29H27F5O3. The molecule has 0 spiro atoms. The van der Waals surface area contributed by atoms with Crippen molar-refractivity contribution in [3.63, 3.8) is 0 Å². The van der Waals surface area contributed by atoms with Crippen LogP contribution in [0.25, 0.3) is 5.57 Å². The predicted molar refractivity (Wildman–Crippen MR) is 130 cm³/mol. The summed E-state index contributed by atoms with van der Waals surface area (Å²) in [5.74, 6) is -4.98. The van der Waals surface area contributed by atoms with E-state index in [0.717, 1.165) is 5.57 Å². The number of benzene rings is 3. The molecule has 0 amide bonds. The van der Waals surface area contributed by atoms with Gasteiger partial charge in [0.15, 0.2) is 23.1 Å². The Morgan fingerprint density at radius 3 is 2.05 bits per heavy atom. The zero-order chi connectivity index (χ0) is 26.5. The Morgan fingerprint density at radius 2 is 1.43 bits per heavy atom. The van der Waals surface area contributed by atoms with Crippen LogP contribution in [0, 0.1) is 29.1 Å². The fourth-order valence-electron chi connectivity index (χ4n) is 4.45. The van der Waals surface area contributed by atoms with E-state index in [1.54, 1.807) is 32.0 Å². The van der Waals surface area contributed by atoms with E-state index < -0.39 is 29.1 Å². The van der Waals surface area contributed by atoms with Gasteiger partial charge in [-0.15, -0.1) is 0 Å². The van der Waals surface area contributed by atoms with Crippen molar-refractivity contribution in [1.82, 2.24) is 0 Å². The molecule has 0 heterocycles. The maximum Gasteiger partial charge on any atom is 0.201 e. The molecule has 0 fully saturated rings. The highest BCUT2D eigenvalue weighted by Gasteiger charge is 2.24. The lowest BCUT2D eigenvalue weighted by Crippen LogP contribution is -2.09. The second kappa shape index (κ2) is 11.7. The normalized spacial score (nSPS) is 15.3. The smallest absolute Gasteiger partial charge is 0.201 e. The molecule has 3 aromatic carbocycles. The summed E-state index contributed by atoms with van der Waals surface area (Å²) >= 11 is 0. The lowest BCUT2D eigenvalue weighted by molar-refractivity contribution is 0.288. The van der Waals surface area contributed by atoms with Gasteiger partial charge in [-0.2, -0.15) is 8.78 Å². The number of hydrogen-bond donors (Lipinski definition) is 0. The number of hydrogen-bond acceptors (Lipinski definition) is 3. The monoisotopic (exact) mass is 518 g/mol. The molecule has 0 saturated carbocycles. The van der Waals surface area contributed by atoms with Crippen LogP contribution < -0.4 is 14.2 Å². The zero-order valence-electron chi connectivity index (χ0n) is 20.6. The minimum Gasteiger partial charge on any atom is -0.491 e. The molecule has 3 nitrogen and oxygen atoms in total. The van der Waals surface area contributed by atoms with Crippen molar-refractivity contribution in [3.05, 3.63) is 94.3 Å². The summed E-state index contributed by atoms with van der Waals surface area (Å²) in [4.78, 5) is 0. The Morgan fingerprint density at radius 1 is 0.757 bits per heavy atom. The van der Waals surface area contributed by atoms with E-state index in [2.05, 4.69) is 0 Å². The van der Waals surface area contributed by atoms with E-state index in [-0.39, 0.29) is 54.1 Å². The first-order chi connectivity index (χ1) is 17.8. The standard InChI is InChI=1S/C29H27F5O3/c1-3-35-24-13-9-19(26(31)28(24)33)16-37-20-10-11-21(23(30)15-20)17-5-7-18(8-6-17)22-12-14-25(36-4-2)29(34)27(22)32/h5,9-15,18H,3-4,6-8,16H2,1-2H3. The summed E-state index contributed by atoms with van der Waals surface area (Å²) in [5, 5.41) is 0. The van der Waals surface area contributed by atoms with E-state index in [9.17, 15) is 22.0 Å². The van der Waals surface area contributed by atoms with Gasteiger partial charge in [0.25, 0.3) is 0 Å². The highest BCUT2D eigenvalue weighted by Crippen LogP contribution is 2.39. The number of ether oxygens (including phenoxy) is 3. The molecule has 0 bridgehead atoms. The SMILES string of the molecule is CCOc1ccc(COc2ccc(C3=CCC(c4ccc(OCC)c(F)c4F)CC3)c(F)c2)c(F)c1F. The van der Waals surface area contributed by atoms with Crippen LogP contribution in [-0.4, -0.2) is 13.2 Å². The van der Waals surface area contributed by atoms with Gasteiger partial charge in [-0.25, -0.2) is 13.2 Å². The van der Waals surface area contributed by atoms with Crippen LogP contribution in [0.15, 0.2) is 48.5 Å². The van der Waals surface area contributed by atoms with Crippen molar-refractivity contribution in [2.75, 3.05) is 13.2 Å². The van der Waals surface area contributed by atoms with Crippen LogP contribution in [0.3, 0.4) is 0 Å². The van der Waals surface area contributed by atoms with Crippen LogP contribution in [0.5, 0.6) is 17.2 Å². The van der Waals surface area contributed by atoms with Gasteiger partial charge in [-0.3, -0.25) is 0 Å². The number of allylic oxidation sites excluding steroid dienone is 2. The molecule has 4 rings (SSSR count). The molecule has 0 N–H and O–H groups in total. The first-order valence-corrected chi connectivity index (χ1v) is 12.2. The van der Waals surface area contributed by atoms with E-state index in [4.69, 9.17) is 14.2 Å². The van der Waals surface area contributed by atoms with E-state index in [1.165, 1.54) is 24.3 Å². The third-order valence-electron chi connectivity index (χ3n) is 6.33. The predicted octanol–water partition coefficient (Wildman–Crippen LogP) is 8.11. The largest absolute Gasteiger partial charge is 0.491 e. The lowest BCUT2D eigenvalue weighted by atomic mass is 9.82. The van der Waals surface area contributed by atoms with Crippen molar-refractivity contribution < 1.29 is 36.2 Å². The quantitative estimate of drug-likeness (QED) is 0.268. The molecule has 196 valence electrons. The van der Waals surface area contributed by atoms with Crippen molar-refractivity contribution >= 4 is 5.57 Å². The topological polar surface area (TPSA) is 27.7 Å². The summed E-state index contributed by atoms with van der Waals surface area (Å²) < 4.78 is 87.7. The summed E-state index contributed by atoms with van der Waals surface area (Å²) in [5.41, 5.74) is 1.39. The minimum atomic E-state index is -1.10.